The molecule has 3 aliphatic rings. The number of para-hydroxylation sites is 1. The van der Waals surface area contributed by atoms with Gasteiger partial charge in [0.05, 0.1) is 32.0 Å². The Bertz CT molecular complexity index is 3490. The fourth-order valence-corrected chi connectivity index (χ4v) is 15.8. The lowest BCUT2D eigenvalue weighted by molar-refractivity contribution is 0.444. The van der Waals surface area contributed by atoms with Gasteiger partial charge in [0.25, 0.3) is 20.0 Å². The van der Waals surface area contributed by atoms with Crippen LogP contribution in [0.25, 0.3) is 12.2 Å². The van der Waals surface area contributed by atoms with Crippen molar-refractivity contribution in [1.29, 1.82) is 0 Å². The van der Waals surface area contributed by atoms with Gasteiger partial charge in [0.15, 0.2) is 11.6 Å². The van der Waals surface area contributed by atoms with Crippen LogP contribution >= 0.6 is 45.3 Å². The zero-order valence-electron chi connectivity index (χ0n) is 38.2. The highest BCUT2D eigenvalue weighted by molar-refractivity contribution is 7.90. The van der Waals surface area contributed by atoms with Gasteiger partial charge in [-0.05, 0) is 115 Å². The van der Waals surface area contributed by atoms with Crippen LogP contribution in [0.4, 0.5) is 17.3 Å². The Balaban J connectivity index is 0.000000153. The highest BCUT2D eigenvalue weighted by Gasteiger charge is 2.43. The van der Waals surface area contributed by atoms with Crippen molar-refractivity contribution >= 4 is 94.9 Å². The first-order valence-electron chi connectivity index (χ1n) is 23.0. The summed E-state index contributed by atoms with van der Waals surface area (Å²) < 4.78 is 58.0. The SMILES string of the molecule is Cc1ccc(S(=O)(=O)n2nc(NC3CCC3)c3c2CC(c2cccs2)(c2cccs2)C=C3)cc1.Cc1ccc(S(=O)(=O)n2nc(Nc3ccccc3)c3c2CC(c2cccs2)(c2cccs2)C=C3)cc1. The molecule has 0 aliphatic heterocycles. The molecule has 0 unspecified atom stereocenters. The number of allylic oxidation sites excluding steroid dienone is 2. The van der Waals surface area contributed by atoms with E-state index in [1.165, 1.54) is 34.1 Å². The molecule has 0 spiro atoms. The minimum absolute atomic E-state index is 0.220. The summed E-state index contributed by atoms with van der Waals surface area (Å²) in [7, 11) is -7.77. The van der Waals surface area contributed by atoms with Gasteiger partial charge in [0.1, 0.15) is 0 Å². The Kier molecular flexibility index (Phi) is 12.3. The number of aryl methyl sites for hydroxylation is 2. The van der Waals surface area contributed by atoms with Gasteiger partial charge < -0.3 is 10.6 Å². The van der Waals surface area contributed by atoms with Gasteiger partial charge in [0, 0.05) is 55.2 Å². The predicted octanol–water partition coefficient (Wildman–Crippen LogP) is 12.9. The lowest BCUT2D eigenvalue weighted by atomic mass is 9.76. The second-order valence-electron chi connectivity index (χ2n) is 17.9. The molecule has 3 aromatic carbocycles. The van der Waals surface area contributed by atoms with E-state index in [4.69, 9.17) is 0 Å². The number of nitrogens with one attached hydrogen (secondary N) is 2. The van der Waals surface area contributed by atoms with Crippen LogP contribution in [0.3, 0.4) is 0 Å². The van der Waals surface area contributed by atoms with Crippen LogP contribution in [0.1, 0.15) is 72.4 Å². The number of fused-ring (bicyclic) bond motifs is 2. The van der Waals surface area contributed by atoms with Gasteiger partial charge in [0.2, 0.25) is 0 Å². The second kappa shape index (κ2) is 18.6. The smallest absolute Gasteiger partial charge is 0.283 e. The predicted molar refractivity (Wildman–Crippen MR) is 287 cm³/mol. The molecule has 3 aliphatic carbocycles. The molecule has 12 rings (SSSR count). The summed E-state index contributed by atoms with van der Waals surface area (Å²) in [6, 6.07) is 40.7. The molecule has 0 atom stereocenters. The Hall–Kier alpha value is -6.14. The van der Waals surface area contributed by atoms with Gasteiger partial charge in [-0.25, -0.2) is 0 Å². The zero-order chi connectivity index (χ0) is 48.1. The maximum absolute atomic E-state index is 13.9. The molecule has 0 amide bonds. The van der Waals surface area contributed by atoms with Crippen LogP contribution in [0.15, 0.2) is 171 Å². The molecule has 2 N–H and O–H groups in total. The van der Waals surface area contributed by atoms with E-state index in [0.29, 0.717) is 36.2 Å². The fraction of sp³-hybridized carbons (Fsp3) is 0.185. The highest BCUT2D eigenvalue weighted by Crippen LogP contribution is 2.49. The van der Waals surface area contributed by atoms with Crippen LogP contribution < -0.4 is 10.6 Å². The summed E-state index contributed by atoms with van der Waals surface area (Å²) in [5, 5.41) is 24.5. The van der Waals surface area contributed by atoms with E-state index in [1.807, 2.05) is 86.7 Å². The molecule has 6 aromatic heterocycles. The van der Waals surface area contributed by atoms with Gasteiger partial charge in [-0.2, -0.15) is 25.0 Å². The summed E-state index contributed by atoms with van der Waals surface area (Å²) in [6.45, 7) is 3.89. The van der Waals surface area contributed by atoms with Crippen molar-refractivity contribution in [2.45, 2.75) is 72.6 Å². The number of rotatable bonds is 12. The highest BCUT2D eigenvalue weighted by atomic mass is 32.2. The number of hydrogen-bond acceptors (Lipinski definition) is 12. The van der Waals surface area contributed by atoms with Crippen molar-refractivity contribution in [2.75, 3.05) is 10.6 Å². The number of benzene rings is 3. The molecule has 0 bridgehead atoms. The summed E-state index contributed by atoms with van der Waals surface area (Å²) in [5.74, 6) is 1.19. The van der Waals surface area contributed by atoms with Crippen LogP contribution in [-0.4, -0.2) is 41.2 Å². The van der Waals surface area contributed by atoms with E-state index in [9.17, 15) is 16.8 Å². The molecule has 354 valence electrons. The van der Waals surface area contributed by atoms with E-state index in [1.54, 1.807) is 69.6 Å². The van der Waals surface area contributed by atoms with Crippen LogP contribution in [0, 0.1) is 13.8 Å². The molecule has 6 heterocycles. The van der Waals surface area contributed by atoms with E-state index < -0.39 is 30.9 Å². The van der Waals surface area contributed by atoms with Crippen LogP contribution in [-0.2, 0) is 43.7 Å². The first-order chi connectivity index (χ1) is 33.9. The van der Waals surface area contributed by atoms with Crippen LogP contribution in [0.5, 0.6) is 0 Å². The Morgan fingerprint density at radius 2 is 0.943 bits per heavy atom. The monoisotopic (exact) mass is 1040 g/mol. The molecule has 10 nitrogen and oxygen atoms in total. The maximum atomic E-state index is 13.9. The number of anilines is 3. The van der Waals surface area contributed by atoms with E-state index in [0.717, 1.165) is 46.5 Å². The van der Waals surface area contributed by atoms with Crippen molar-refractivity contribution in [3.05, 3.63) is 214 Å². The summed E-state index contributed by atoms with van der Waals surface area (Å²) in [5.41, 5.74) is 5.06. The minimum atomic E-state index is -3.92. The molecule has 1 saturated carbocycles. The summed E-state index contributed by atoms with van der Waals surface area (Å²) in [6.07, 6.45) is 12.9. The molecular weight excluding hydrogens is 989 g/mol. The third-order valence-electron chi connectivity index (χ3n) is 13.4. The Morgan fingerprint density at radius 3 is 1.33 bits per heavy atom. The van der Waals surface area contributed by atoms with E-state index in [-0.39, 0.29) is 9.79 Å². The standard InChI is InChI=1S/C28H23N3O2S3.C26H25N3O2S3/c1-20-11-13-22(14-12-20)36(32,33)31-24-19-28(25-9-5-17-34-25,26-10-6-18-35-26)16-15-23(24)27(30-31)29-21-7-3-2-4-8-21;1-18-9-11-20(12-10-18)34(30,31)29-22-17-26(23-7-3-15-32-23,24-8-4-16-33-24)14-13-21(22)25(28-29)27-19-5-2-6-19/h2-18H,19H2,1H3,(H,29,30);3-4,7-16,19H,2,5-6,17H2,1H3,(H,27,28). The molecule has 9 aromatic rings. The average molecular weight is 1040 g/mol. The first-order valence-corrected chi connectivity index (χ1v) is 29.4. The lowest BCUT2D eigenvalue weighted by Crippen LogP contribution is -2.31. The van der Waals surface area contributed by atoms with E-state index in [2.05, 4.69) is 97.0 Å². The first kappa shape index (κ1) is 46.3. The molecule has 1 fully saturated rings. The second-order valence-corrected chi connectivity index (χ2v) is 25.2. The summed E-state index contributed by atoms with van der Waals surface area (Å²) >= 11 is 6.77. The lowest BCUT2D eigenvalue weighted by Gasteiger charge is -2.32. The quantitative estimate of drug-likeness (QED) is 0.124. The number of nitrogens with zero attached hydrogens (tertiary/aromatic N) is 4. The Morgan fingerprint density at radius 1 is 0.529 bits per heavy atom. The van der Waals surface area contributed by atoms with Crippen LogP contribution in [0.2, 0.25) is 0 Å². The van der Waals surface area contributed by atoms with Gasteiger partial charge in [-0.1, -0.05) is 102 Å². The maximum Gasteiger partial charge on any atom is 0.283 e. The third-order valence-corrected chi connectivity index (χ3v) is 20.8. The Labute approximate surface area is 424 Å². The van der Waals surface area contributed by atoms with Gasteiger partial charge in [-0.3, -0.25) is 0 Å². The number of aromatic nitrogens is 4. The van der Waals surface area contributed by atoms with Crippen molar-refractivity contribution in [2.24, 2.45) is 0 Å². The normalized spacial score (nSPS) is 15.9. The van der Waals surface area contributed by atoms with Gasteiger partial charge in [-0.15, -0.1) is 55.5 Å². The van der Waals surface area contributed by atoms with Crippen molar-refractivity contribution in [3.63, 3.8) is 0 Å². The molecule has 0 radical (unpaired) electrons. The largest absolute Gasteiger partial charge is 0.365 e. The number of thiophene rings is 4. The molecule has 0 saturated heterocycles. The molecule has 16 heteroatoms. The average Bonchev–Trinajstić information content (AvgIpc) is 4.22. The summed E-state index contributed by atoms with van der Waals surface area (Å²) in [4.78, 5) is 5.22. The van der Waals surface area contributed by atoms with E-state index >= 15 is 0 Å². The zero-order valence-corrected chi connectivity index (χ0v) is 43.1. The number of hydrogen-bond donors (Lipinski definition) is 2. The minimum Gasteiger partial charge on any atom is -0.365 e. The van der Waals surface area contributed by atoms with Crippen molar-refractivity contribution < 1.29 is 16.8 Å². The fourth-order valence-electron chi connectivity index (χ4n) is 9.33. The van der Waals surface area contributed by atoms with Gasteiger partial charge >= 0.3 is 0 Å². The molecular formula is C54H48N6O4S6. The third kappa shape index (κ3) is 8.33. The topological polar surface area (TPSA) is 128 Å². The molecule has 70 heavy (non-hydrogen) atoms. The van der Waals surface area contributed by atoms with Crippen molar-refractivity contribution in [1.82, 2.24) is 18.4 Å². The van der Waals surface area contributed by atoms with Crippen molar-refractivity contribution in [3.8, 4) is 0 Å².